The summed E-state index contributed by atoms with van der Waals surface area (Å²) >= 11 is 0. The Morgan fingerprint density at radius 3 is 2.65 bits per heavy atom. The summed E-state index contributed by atoms with van der Waals surface area (Å²) in [6, 6.07) is -1.67. The molecule has 176 valence electrons. The molecule has 0 aromatic rings. The molecule has 0 unspecified atom stereocenters. The Bertz CT molecular complexity index is 789. The van der Waals surface area contributed by atoms with E-state index in [-0.39, 0.29) is 25.3 Å². The Morgan fingerprint density at radius 1 is 1.19 bits per heavy atom. The summed E-state index contributed by atoms with van der Waals surface area (Å²) < 4.78 is 35.1. The van der Waals surface area contributed by atoms with Crippen molar-refractivity contribution in [2.75, 3.05) is 32.8 Å². The summed E-state index contributed by atoms with van der Waals surface area (Å²) in [6.45, 7) is 2.99. The van der Waals surface area contributed by atoms with Gasteiger partial charge in [-0.05, 0) is 32.1 Å². The van der Waals surface area contributed by atoms with Crippen LogP contribution in [0.15, 0.2) is 0 Å². The van der Waals surface area contributed by atoms with E-state index in [1.165, 1.54) is 4.90 Å². The van der Waals surface area contributed by atoms with E-state index in [4.69, 9.17) is 9.39 Å². The third kappa shape index (κ3) is 5.27. The Kier molecular flexibility index (Phi) is 6.67. The lowest BCUT2D eigenvalue weighted by atomic mass is 10.0. The summed E-state index contributed by atoms with van der Waals surface area (Å²) in [4.78, 5) is 33.9. The normalized spacial score (nSPS) is 32.6. The number of aliphatic hydroxyl groups excluding tert-OH is 1. The van der Waals surface area contributed by atoms with E-state index in [1.54, 1.807) is 0 Å². The van der Waals surface area contributed by atoms with Crippen LogP contribution in [0.3, 0.4) is 0 Å². The molecule has 13 nitrogen and oxygen atoms in total. The van der Waals surface area contributed by atoms with Gasteiger partial charge in [-0.2, -0.15) is 13.5 Å². The molecule has 0 aromatic heterocycles. The molecule has 0 aromatic carbocycles. The second-order valence-electron chi connectivity index (χ2n) is 8.55. The minimum Gasteiger partial charge on any atom is -0.393 e. The highest BCUT2D eigenvalue weighted by atomic mass is 32.3. The lowest BCUT2D eigenvalue weighted by Gasteiger charge is -2.34. The van der Waals surface area contributed by atoms with Crippen molar-refractivity contribution in [3.63, 3.8) is 0 Å². The van der Waals surface area contributed by atoms with Crippen molar-refractivity contribution >= 4 is 22.3 Å². The lowest BCUT2D eigenvalue weighted by molar-refractivity contribution is -0.139. The molecule has 0 saturated carbocycles. The number of rotatable bonds is 7. The number of aliphatic hydroxyl groups is 1. The number of carbonyl (C=O) groups is 2. The number of nitrogens with one attached hydrogen (secondary N) is 2. The van der Waals surface area contributed by atoms with Crippen LogP contribution in [0.4, 0.5) is 4.79 Å². The van der Waals surface area contributed by atoms with E-state index in [9.17, 15) is 23.1 Å². The topological polar surface area (TPSA) is 161 Å². The van der Waals surface area contributed by atoms with Gasteiger partial charge >= 0.3 is 16.4 Å². The van der Waals surface area contributed by atoms with E-state index < -0.39 is 34.4 Å². The van der Waals surface area contributed by atoms with Gasteiger partial charge in [0.15, 0.2) is 0 Å². The molecule has 2 bridgehead atoms. The molecular weight excluding hydrogens is 434 g/mol. The van der Waals surface area contributed by atoms with Crippen molar-refractivity contribution in [3.05, 3.63) is 0 Å². The number of hydrogen-bond acceptors (Lipinski definition) is 9. The zero-order chi connectivity index (χ0) is 22.2. The molecule has 0 aliphatic carbocycles. The van der Waals surface area contributed by atoms with Crippen molar-refractivity contribution < 1.29 is 36.8 Å². The molecule has 14 heteroatoms. The summed E-state index contributed by atoms with van der Waals surface area (Å²) in [5.74, 6) is -0.486. The first-order valence-electron chi connectivity index (χ1n) is 10.6. The molecule has 4 aliphatic rings. The van der Waals surface area contributed by atoms with Gasteiger partial charge in [-0.15, -0.1) is 4.28 Å². The molecule has 4 N–H and O–H groups in total. The zero-order valence-electron chi connectivity index (χ0n) is 17.1. The van der Waals surface area contributed by atoms with Gasteiger partial charge in [-0.1, -0.05) is 0 Å². The number of amides is 3. The number of nitrogens with zero attached hydrogens (tertiary/aromatic N) is 3. The molecule has 4 aliphatic heterocycles. The number of fused-ring (bicyclic) bond motifs is 2. The van der Waals surface area contributed by atoms with Crippen molar-refractivity contribution in [1.82, 2.24) is 25.7 Å². The fourth-order valence-corrected chi connectivity index (χ4v) is 5.23. The number of carbonyl (C=O) groups excluding carboxylic acids is 2. The fourth-order valence-electron chi connectivity index (χ4n) is 4.84. The lowest BCUT2D eigenvalue weighted by Crippen LogP contribution is -2.50. The number of hydrogen-bond donors (Lipinski definition) is 4. The SMILES string of the molecule is O=C(NOC[C@H]1C[C@H](N2CCC(O)CC2)CN1)[C@@H]1CC[C@@H]2CN1C(=O)N2OS(=O)(=O)O. The highest BCUT2D eigenvalue weighted by molar-refractivity contribution is 7.80. The van der Waals surface area contributed by atoms with E-state index in [1.807, 2.05) is 0 Å². The van der Waals surface area contributed by atoms with Gasteiger partial charge in [0, 0.05) is 38.3 Å². The van der Waals surface area contributed by atoms with Gasteiger partial charge in [-0.3, -0.25) is 19.1 Å². The first-order chi connectivity index (χ1) is 14.7. The monoisotopic (exact) mass is 463 g/mol. The molecule has 0 spiro atoms. The number of likely N-dealkylation sites (tertiary alicyclic amines) is 1. The van der Waals surface area contributed by atoms with Crippen LogP contribution in [0.2, 0.25) is 0 Å². The predicted octanol–water partition coefficient (Wildman–Crippen LogP) is -1.78. The Balaban J connectivity index is 1.21. The summed E-state index contributed by atoms with van der Waals surface area (Å²) in [5.41, 5.74) is 2.40. The van der Waals surface area contributed by atoms with E-state index in [0.29, 0.717) is 23.9 Å². The standard InChI is InChI=1S/C17H29N5O8S/c23-14-3-5-20(6-4-14)13-7-11(18-8-13)10-29-19-16(24)15-2-1-12-9-21(15)17(25)22(12)30-31(26,27)28/h11-15,18,23H,1-10H2,(H,19,24)(H,26,27,28)/t11-,12-,13+,15+/m1/s1. The van der Waals surface area contributed by atoms with Gasteiger partial charge < -0.3 is 15.3 Å². The maximum Gasteiger partial charge on any atom is 0.418 e. The number of urea groups is 1. The predicted molar refractivity (Wildman–Crippen MR) is 104 cm³/mol. The van der Waals surface area contributed by atoms with Gasteiger partial charge in [0.05, 0.1) is 18.8 Å². The van der Waals surface area contributed by atoms with Gasteiger partial charge in [-0.25, -0.2) is 10.3 Å². The Morgan fingerprint density at radius 2 is 1.94 bits per heavy atom. The van der Waals surface area contributed by atoms with Crippen LogP contribution in [-0.2, 0) is 24.3 Å². The Hall–Kier alpha value is -1.55. The molecule has 4 rings (SSSR count). The maximum absolute atomic E-state index is 12.5. The van der Waals surface area contributed by atoms with E-state index >= 15 is 0 Å². The highest BCUT2D eigenvalue weighted by Crippen LogP contribution is 2.30. The molecular formula is C17H29N5O8S. The summed E-state index contributed by atoms with van der Waals surface area (Å²) in [6.07, 6.45) is 2.93. The molecule has 4 fully saturated rings. The molecule has 4 saturated heterocycles. The van der Waals surface area contributed by atoms with Crippen molar-refractivity contribution in [1.29, 1.82) is 0 Å². The fraction of sp³-hybridized carbons (Fsp3) is 0.882. The van der Waals surface area contributed by atoms with Crippen molar-refractivity contribution in [3.8, 4) is 0 Å². The molecule has 4 heterocycles. The second-order valence-corrected chi connectivity index (χ2v) is 9.55. The maximum atomic E-state index is 12.5. The molecule has 0 radical (unpaired) electrons. The largest absolute Gasteiger partial charge is 0.418 e. The zero-order valence-corrected chi connectivity index (χ0v) is 17.9. The van der Waals surface area contributed by atoms with Crippen LogP contribution >= 0.6 is 0 Å². The minimum atomic E-state index is -4.83. The van der Waals surface area contributed by atoms with E-state index in [0.717, 1.165) is 38.9 Å². The van der Waals surface area contributed by atoms with Gasteiger partial charge in [0.1, 0.15) is 6.04 Å². The van der Waals surface area contributed by atoms with Gasteiger partial charge in [0.25, 0.3) is 5.91 Å². The molecule has 31 heavy (non-hydrogen) atoms. The van der Waals surface area contributed by atoms with Crippen LogP contribution in [0, 0.1) is 0 Å². The quantitative estimate of drug-likeness (QED) is 0.251. The van der Waals surface area contributed by atoms with Crippen LogP contribution in [-0.4, -0.2) is 108 Å². The smallest absolute Gasteiger partial charge is 0.393 e. The average molecular weight is 464 g/mol. The first-order valence-corrected chi connectivity index (χ1v) is 11.9. The third-order valence-corrected chi connectivity index (χ3v) is 6.82. The summed E-state index contributed by atoms with van der Waals surface area (Å²) in [7, 11) is -4.83. The van der Waals surface area contributed by atoms with Crippen LogP contribution in [0.25, 0.3) is 0 Å². The molecule has 4 atom stereocenters. The Labute approximate surface area is 180 Å². The van der Waals surface area contributed by atoms with Crippen molar-refractivity contribution in [2.45, 2.75) is 62.4 Å². The van der Waals surface area contributed by atoms with Crippen LogP contribution < -0.4 is 10.8 Å². The minimum absolute atomic E-state index is 0.0833. The van der Waals surface area contributed by atoms with Crippen LogP contribution in [0.1, 0.15) is 32.1 Å². The van der Waals surface area contributed by atoms with Gasteiger partial charge in [0.2, 0.25) is 0 Å². The average Bonchev–Trinajstić information content (AvgIpc) is 3.27. The second kappa shape index (κ2) is 9.13. The first kappa shape index (κ1) is 22.6. The summed E-state index contributed by atoms with van der Waals surface area (Å²) in [5, 5.41) is 13.6. The van der Waals surface area contributed by atoms with Crippen molar-refractivity contribution in [2.24, 2.45) is 0 Å². The van der Waals surface area contributed by atoms with E-state index in [2.05, 4.69) is 20.0 Å². The number of hydroxylamine groups is 3. The van der Waals surface area contributed by atoms with Crippen LogP contribution in [0.5, 0.6) is 0 Å². The highest BCUT2D eigenvalue weighted by Gasteiger charge is 2.49. The molecule has 3 amide bonds. The number of piperidine rings is 2. The third-order valence-electron chi connectivity index (χ3n) is 6.47.